The number of nitrogens with zero attached hydrogens (tertiary/aromatic N) is 14. The summed E-state index contributed by atoms with van der Waals surface area (Å²) in [5.41, 5.74) is 2.09. The first kappa shape index (κ1) is 63.7. The van der Waals surface area contributed by atoms with Crippen LogP contribution >= 0.6 is 78.3 Å². The Kier molecular flexibility index (Phi) is 25.0. The highest BCUT2D eigenvalue weighted by molar-refractivity contribution is 9.09. The number of halogens is 6. The van der Waals surface area contributed by atoms with E-state index in [1.807, 2.05) is 18.2 Å². The standard InChI is InChI=1S/C16H17BrClN5O3.C14H13ClN6O2.C14H16ClN5O2.C2H2BrClO.CH4O.H3N/c1-2-26-16(25)13-7-6-12(22(13)14(24)9-17)15-19-21-23(20-15)11-5-3-4-10(18)8-11;15-8-2-1-3-9(6-8)21-18-13(17-19-21)10-4-5-11-14(23)16-7-12(22)20(10)11;1-2-22-14(21)12-7-6-11(16-12)13-17-19-20(18-13)10-5-3-4-9(15)8-10;3-1-2(4)5;1-2;/h3-5,8,12-13H,2,6-7,9H2,1H3;1-3,6,10-11H,4-5,7H2,(H,16,23);3-5,8,11-12,16H,2,6-7H2,1H3;1H2;2H,1H3;1H3/t12-,13+;10-,11+;11-,12+;;;/m111.../s1. The van der Waals surface area contributed by atoms with Gasteiger partial charge in [-0.1, -0.05) is 84.9 Å². The number of ether oxygens (including phenoxy) is 2. The first-order chi connectivity index (χ1) is 37.6. The maximum absolute atomic E-state index is 12.4. The molecular formula is C47H55Br2Cl4N17O9. The van der Waals surface area contributed by atoms with Gasteiger partial charge in [-0.15, -0.1) is 45.0 Å². The van der Waals surface area contributed by atoms with Crippen LogP contribution in [-0.2, 0) is 38.2 Å². The summed E-state index contributed by atoms with van der Waals surface area (Å²) in [6.45, 7) is 4.19. The fourth-order valence-electron chi connectivity index (χ4n) is 8.58. The zero-order valence-corrected chi connectivity index (χ0v) is 48.8. The second-order valence-electron chi connectivity index (χ2n) is 16.8. The molecule has 3 aromatic carbocycles. The predicted octanol–water partition coefficient (Wildman–Crippen LogP) is 5.37. The molecule has 7 heterocycles. The number of benzene rings is 3. The van der Waals surface area contributed by atoms with Gasteiger partial charge >= 0.3 is 11.9 Å². The van der Waals surface area contributed by atoms with E-state index >= 15 is 0 Å². The van der Waals surface area contributed by atoms with E-state index in [4.69, 9.17) is 61.0 Å². The number of alkyl halides is 2. The van der Waals surface area contributed by atoms with Gasteiger partial charge in [-0.3, -0.25) is 29.3 Å². The number of fused-ring (bicyclic) bond motifs is 1. The molecule has 3 amide bonds. The van der Waals surface area contributed by atoms with Crippen molar-refractivity contribution in [2.24, 2.45) is 0 Å². The Morgan fingerprint density at radius 1 is 0.646 bits per heavy atom. The smallest absolute Gasteiger partial charge is 0.328 e. The zero-order valence-electron chi connectivity index (χ0n) is 42.6. The van der Waals surface area contributed by atoms with Gasteiger partial charge in [0.1, 0.15) is 18.1 Å². The van der Waals surface area contributed by atoms with Crippen LogP contribution < -0.4 is 16.8 Å². The molecule has 4 fully saturated rings. The molecule has 32 heteroatoms. The Morgan fingerprint density at radius 3 is 1.58 bits per heavy atom. The SMILES string of the molecule is CCOC(=O)[C@@H]1CC[C@H](c2nnn(-c3cccc(Cl)c3)n2)N1.CCOC(=O)[C@@H]1CC[C@H](c2nnn(-c3cccc(Cl)c3)n2)N1C(=O)CBr.CO.N.O=C(Cl)CBr.O=C1NCC(=O)N2[C@@H](c3nnn(-c4cccc(Cl)c4)n3)CC[C@@H]12. The highest BCUT2D eigenvalue weighted by Gasteiger charge is 2.46. The molecule has 6 atom stereocenters. The number of esters is 2. The van der Waals surface area contributed by atoms with Gasteiger partial charge in [0.15, 0.2) is 17.5 Å². The number of aromatic nitrogens is 12. The minimum atomic E-state index is -0.636. The van der Waals surface area contributed by atoms with Crippen molar-refractivity contribution >= 4 is 113 Å². The van der Waals surface area contributed by atoms with Gasteiger partial charge in [-0.2, -0.15) is 0 Å². The molecule has 0 unspecified atom stereocenters. The quantitative estimate of drug-likeness (QED) is 0.0679. The molecule has 3 aromatic heterocycles. The largest absolute Gasteiger partial charge is 0.465 e. The van der Waals surface area contributed by atoms with Crippen molar-refractivity contribution in [3.8, 4) is 17.1 Å². The van der Waals surface area contributed by atoms with Crippen LogP contribution in [0.3, 0.4) is 0 Å². The lowest BCUT2D eigenvalue weighted by Crippen LogP contribution is -2.56. The van der Waals surface area contributed by atoms with E-state index in [-0.39, 0.29) is 77.0 Å². The van der Waals surface area contributed by atoms with Crippen LogP contribution in [0.1, 0.15) is 88.0 Å². The summed E-state index contributed by atoms with van der Waals surface area (Å²) in [5, 5.41) is 52.0. The first-order valence-corrected chi connectivity index (χ1v) is 27.8. The second-order valence-corrected chi connectivity index (χ2v) is 19.6. The second kappa shape index (κ2) is 31.0. The van der Waals surface area contributed by atoms with Crippen LogP contribution in [0, 0.1) is 0 Å². The van der Waals surface area contributed by atoms with Crippen molar-refractivity contribution in [1.29, 1.82) is 0 Å². The molecule has 4 saturated heterocycles. The minimum Gasteiger partial charge on any atom is -0.465 e. The summed E-state index contributed by atoms with van der Waals surface area (Å²) in [7, 11) is 1.00. The molecule has 424 valence electrons. The van der Waals surface area contributed by atoms with E-state index in [9.17, 15) is 28.8 Å². The number of nitrogens with one attached hydrogen (secondary N) is 2. The molecule has 10 rings (SSSR count). The molecule has 0 bridgehead atoms. The topological polar surface area (TPSA) is 337 Å². The number of likely N-dealkylation sites (tertiary alicyclic amines) is 1. The average Bonchev–Trinajstić information content (AvgIpc) is 4.39. The fourth-order valence-corrected chi connectivity index (χ4v) is 9.42. The lowest BCUT2D eigenvalue weighted by molar-refractivity contribution is -0.153. The van der Waals surface area contributed by atoms with Crippen molar-refractivity contribution in [1.82, 2.24) is 87.2 Å². The Labute approximate surface area is 489 Å². The molecule has 79 heavy (non-hydrogen) atoms. The number of hydrogen-bond donors (Lipinski definition) is 4. The van der Waals surface area contributed by atoms with Gasteiger partial charge in [0, 0.05) is 22.2 Å². The predicted molar refractivity (Wildman–Crippen MR) is 294 cm³/mol. The van der Waals surface area contributed by atoms with E-state index in [0.717, 1.165) is 19.2 Å². The number of carbonyl (C=O) groups is 6. The molecule has 0 spiro atoms. The molecule has 6 N–H and O–H groups in total. The maximum Gasteiger partial charge on any atom is 0.328 e. The number of aliphatic hydroxyl groups is 1. The van der Waals surface area contributed by atoms with Crippen LogP contribution in [0.2, 0.25) is 15.1 Å². The number of rotatable bonds is 12. The number of tetrazole rings is 3. The first-order valence-electron chi connectivity index (χ1n) is 24.0. The molecular weight excluding hydrogens is 1250 g/mol. The molecule has 4 aliphatic heterocycles. The third kappa shape index (κ3) is 16.7. The molecule has 4 aliphatic rings. The third-order valence-corrected chi connectivity index (χ3v) is 14.0. The Hall–Kier alpha value is -6.11. The van der Waals surface area contributed by atoms with Crippen molar-refractivity contribution in [2.75, 3.05) is 37.5 Å². The number of carbonyl (C=O) groups excluding carboxylic acids is 6. The minimum absolute atomic E-state index is 0. The van der Waals surface area contributed by atoms with E-state index in [0.29, 0.717) is 82.6 Å². The Bertz CT molecular complexity index is 3030. The summed E-state index contributed by atoms with van der Waals surface area (Å²) in [6, 6.07) is 19.2. The Morgan fingerprint density at radius 2 is 1.10 bits per heavy atom. The molecule has 0 radical (unpaired) electrons. The van der Waals surface area contributed by atoms with Crippen LogP contribution in [0.25, 0.3) is 17.1 Å². The zero-order chi connectivity index (χ0) is 56.5. The van der Waals surface area contributed by atoms with E-state index in [1.165, 1.54) is 19.3 Å². The summed E-state index contributed by atoms with van der Waals surface area (Å²) < 4.78 is 10.1. The molecule has 6 aromatic rings. The normalized spacial score (nSPS) is 19.8. The van der Waals surface area contributed by atoms with Gasteiger partial charge in [0.25, 0.3) is 0 Å². The number of hydrogen-bond acceptors (Lipinski definition) is 20. The highest BCUT2D eigenvalue weighted by atomic mass is 79.9. The van der Waals surface area contributed by atoms with Gasteiger partial charge in [-0.25, -0.2) is 4.79 Å². The van der Waals surface area contributed by atoms with E-state index in [1.54, 1.807) is 73.3 Å². The van der Waals surface area contributed by atoms with Crippen molar-refractivity contribution in [2.45, 2.75) is 88.6 Å². The number of piperazine rings is 1. The molecule has 26 nitrogen and oxygen atoms in total. The van der Waals surface area contributed by atoms with Crippen molar-refractivity contribution < 1.29 is 43.3 Å². The molecule has 0 saturated carbocycles. The summed E-state index contributed by atoms with van der Waals surface area (Å²) >= 11 is 28.7. The van der Waals surface area contributed by atoms with Gasteiger partial charge in [0.2, 0.25) is 23.0 Å². The lowest BCUT2D eigenvalue weighted by Gasteiger charge is -2.32. The van der Waals surface area contributed by atoms with Gasteiger partial charge in [-0.05, 0) is 134 Å². The average molecular weight is 1300 g/mol. The summed E-state index contributed by atoms with van der Waals surface area (Å²) in [4.78, 5) is 77.1. The van der Waals surface area contributed by atoms with Crippen molar-refractivity contribution in [3.05, 3.63) is 105 Å². The van der Waals surface area contributed by atoms with Crippen LogP contribution in [0.4, 0.5) is 0 Å². The van der Waals surface area contributed by atoms with E-state index < -0.39 is 24.1 Å². The van der Waals surface area contributed by atoms with E-state index in [2.05, 4.69) is 88.7 Å². The van der Waals surface area contributed by atoms with Crippen LogP contribution in [-0.4, -0.2) is 166 Å². The monoisotopic (exact) mass is 1300 g/mol. The van der Waals surface area contributed by atoms with Gasteiger partial charge < -0.3 is 35.8 Å². The van der Waals surface area contributed by atoms with Crippen LogP contribution in [0.5, 0.6) is 0 Å². The maximum atomic E-state index is 12.4. The highest BCUT2D eigenvalue weighted by Crippen LogP contribution is 2.37. The lowest BCUT2D eigenvalue weighted by atomic mass is 10.2. The number of aliphatic hydroxyl groups excluding tert-OH is 1. The number of amides is 3. The Balaban J connectivity index is 0.000000205. The van der Waals surface area contributed by atoms with Gasteiger partial charge in [0.05, 0.1) is 65.6 Å². The summed E-state index contributed by atoms with van der Waals surface area (Å²) in [6.07, 6.45) is 3.77. The summed E-state index contributed by atoms with van der Waals surface area (Å²) in [5.74, 6) is 0.294. The van der Waals surface area contributed by atoms with Crippen molar-refractivity contribution in [3.63, 3.8) is 0 Å². The third-order valence-electron chi connectivity index (χ3n) is 11.9. The molecule has 0 aliphatic carbocycles. The fraction of sp³-hybridized carbons (Fsp3) is 0.426. The van der Waals surface area contributed by atoms with Crippen LogP contribution in [0.15, 0.2) is 72.8 Å².